The van der Waals surface area contributed by atoms with Crippen molar-refractivity contribution in [2.24, 2.45) is 0 Å². The molecule has 2 aromatic carbocycles. The van der Waals surface area contributed by atoms with E-state index in [-0.39, 0.29) is 13.2 Å². The first-order chi connectivity index (χ1) is 14.4. The van der Waals surface area contributed by atoms with Crippen LogP contribution in [0, 0.1) is 5.82 Å². The maximum Gasteiger partial charge on any atom is 0.259 e. The van der Waals surface area contributed by atoms with Crippen LogP contribution < -0.4 is 16.0 Å². The number of halogens is 1. The normalized spacial score (nSPS) is 17.7. The second-order valence-electron chi connectivity index (χ2n) is 6.82. The molecule has 3 aromatic rings. The molecule has 1 aliphatic heterocycles. The van der Waals surface area contributed by atoms with Crippen molar-refractivity contribution < 1.29 is 23.8 Å². The van der Waals surface area contributed by atoms with E-state index < -0.39 is 29.8 Å². The van der Waals surface area contributed by atoms with E-state index in [1.54, 1.807) is 30.5 Å². The minimum absolute atomic E-state index is 0.125. The molecule has 9 heteroatoms. The third kappa shape index (κ3) is 3.80. The lowest BCUT2D eigenvalue weighted by atomic mass is 10.1. The van der Waals surface area contributed by atoms with Crippen LogP contribution in [0.4, 0.5) is 21.6 Å². The molecule has 0 radical (unpaired) electrons. The van der Waals surface area contributed by atoms with Crippen molar-refractivity contribution in [1.29, 1.82) is 0 Å². The third-order valence-electron chi connectivity index (χ3n) is 4.88. The number of carbonyl (C=O) groups is 2. The number of benzene rings is 2. The van der Waals surface area contributed by atoms with Gasteiger partial charge in [-0.1, -0.05) is 0 Å². The molecule has 4 N–H and O–H groups in total. The van der Waals surface area contributed by atoms with Crippen molar-refractivity contribution in [2.45, 2.75) is 12.2 Å². The molecule has 0 bridgehead atoms. The lowest BCUT2D eigenvalue weighted by Gasteiger charge is -2.34. The van der Waals surface area contributed by atoms with E-state index in [0.717, 1.165) is 10.8 Å². The fraction of sp³-hybridized carbons (Fsp3) is 0.190. The van der Waals surface area contributed by atoms with Crippen molar-refractivity contribution in [3.63, 3.8) is 0 Å². The number of ether oxygens (including phenoxy) is 1. The summed E-state index contributed by atoms with van der Waals surface area (Å²) in [7, 11) is 0. The summed E-state index contributed by atoms with van der Waals surface area (Å²) in [5.74, 6) is -1.42. The largest absolute Gasteiger partial charge is 0.383 e. The summed E-state index contributed by atoms with van der Waals surface area (Å²) in [5.41, 5.74) is 6.71. The molecule has 0 unspecified atom stereocenters. The third-order valence-corrected chi connectivity index (χ3v) is 4.88. The zero-order chi connectivity index (χ0) is 21.3. The number of nitrogens with zero attached hydrogens (tertiary/aromatic N) is 2. The molecule has 0 saturated carbocycles. The number of rotatable bonds is 4. The average Bonchev–Trinajstić information content (AvgIpc) is 2.74. The van der Waals surface area contributed by atoms with Gasteiger partial charge in [0.05, 0.1) is 6.61 Å². The summed E-state index contributed by atoms with van der Waals surface area (Å²) >= 11 is 0. The van der Waals surface area contributed by atoms with E-state index in [9.17, 15) is 19.1 Å². The minimum Gasteiger partial charge on any atom is -0.383 e. The molecule has 1 aromatic heterocycles. The van der Waals surface area contributed by atoms with Crippen LogP contribution in [0.2, 0.25) is 0 Å². The van der Waals surface area contributed by atoms with Gasteiger partial charge in [-0.3, -0.25) is 9.59 Å². The Morgan fingerprint density at radius 1 is 1.27 bits per heavy atom. The molecule has 1 fully saturated rings. The number of aliphatic hydroxyl groups excluding tert-OH is 1. The number of aromatic nitrogens is 1. The van der Waals surface area contributed by atoms with Gasteiger partial charge in [0.25, 0.3) is 11.8 Å². The van der Waals surface area contributed by atoms with Crippen molar-refractivity contribution >= 4 is 39.8 Å². The fourth-order valence-electron chi connectivity index (χ4n) is 3.34. The molecule has 4 rings (SSSR count). The highest BCUT2D eigenvalue weighted by atomic mass is 19.1. The van der Waals surface area contributed by atoms with E-state index in [1.165, 1.54) is 29.2 Å². The summed E-state index contributed by atoms with van der Waals surface area (Å²) < 4.78 is 18.5. The molecule has 0 aliphatic carbocycles. The number of nitrogen functional groups attached to an aromatic ring is 1. The van der Waals surface area contributed by atoms with Gasteiger partial charge in [0.2, 0.25) is 0 Å². The monoisotopic (exact) mass is 410 g/mol. The van der Waals surface area contributed by atoms with Crippen LogP contribution in [0.5, 0.6) is 0 Å². The first-order valence-electron chi connectivity index (χ1n) is 9.26. The van der Waals surface area contributed by atoms with Gasteiger partial charge in [0.15, 0.2) is 12.2 Å². The predicted molar refractivity (Wildman–Crippen MR) is 109 cm³/mol. The van der Waals surface area contributed by atoms with Gasteiger partial charge >= 0.3 is 0 Å². The number of carbonyl (C=O) groups excluding carboxylic acids is 2. The highest BCUT2D eigenvalue weighted by Gasteiger charge is 2.39. The number of fused-ring (bicyclic) bond motifs is 1. The van der Waals surface area contributed by atoms with Crippen LogP contribution in [-0.2, 0) is 14.3 Å². The van der Waals surface area contributed by atoms with Crippen molar-refractivity contribution in [3.8, 4) is 0 Å². The van der Waals surface area contributed by atoms with Gasteiger partial charge < -0.3 is 25.8 Å². The molecule has 2 atom stereocenters. The van der Waals surface area contributed by atoms with Crippen LogP contribution in [0.1, 0.15) is 0 Å². The van der Waals surface area contributed by atoms with Crippen molar-refractivity contribution in [3.05, 3.63) is 60.5 Å². The van der Waals surface area contributed by atoms with Gasteiger partial charge in [-0.2, -0.15) is 0 Å². The summed E-state index contributed by atoms with van der Waals surface area (Å²) in [6.07, 6.45) is -1.54. The summed E-state index contributed by atoms with van der Waals surface area (Å²) in [6, 6.07) is 12.1. The van der Waals surface area contributed by atoms with E-state index in [2.05, 4.69) is 10.3 Å². The van der Waals surface area contributed by atoms with Gasteiger partial charge in [-0.05, 0) is 53.9 Å². The van der Waals surface area contributed by atoms with Crippen molar-refractivity contribution in [1.82, 2.24) is 4.98 Å². The van der Waals surface area contributed by atoms with E-state index in [4.69, 9.17) is 10.5 Å². The van der Waals surface area contributed by atoms with Gasteiger partial charge in [-0.15, -0.1) is 0 Å². The molecular weight excluding hydrogens is 391 g/mol. The summed E-state index contributed by atoms with van der Waals surface area (Å²) in [6.45, 7) is 0.357. The Morgan fingerprint density at radius 2 is 2.03 bits per heavy atom. The van der Waals surface area contributed by atoms with Crippen LogP contribution in [0.3, 0.4) is 0 Å². The second kappa shape index (κ2) is 8.05. The van der Waals surface area contributed by atoms with E-state index >= 15 is 0 Å². The Labute approximate surface area is 171 Å². The first kappa shape index (κ1) is 19.7. The number of aliphatic hydroxyl groups is 1. The Hall–Kier alpha value is -3.56. The van der Waals surface area contributed by atoms with E-state index in [1.807, 2.05) is 0 Å². The maximum absolute atomic E-state index is 13.2. The number of pyridine rings is 1. The number of anilines is 3. The standard InChI is InChI=1S/C21H19FN4O4/c22-13-1-4-15(5-2-13)26-9-10-30-18(21(26)29)17(27)20(28)25-14-3-6-16-12(11-14)7-8-24-19(16)23/h1-8,11,17-18,27H,9-10H2,(H2,23,24)(H,25,28)/t17-,18-/m1/s1. The number of hydrogen-bond donors (Lipinski definition) is 3. The molecule has 2 heterocycles. The Kier molecular flexibility index (Phi) is 5.30. The maximum atomic E-state index is 13.2. The highest BCUT2D eigenvalue weighted by Crippen LogP contribution is 2.24. The van der Waals surface area contributed by atoms with Gasteiger partial charge in [0, 0.05) is 29.5 Å². The zero-order valence-corrected chi connectivity index (χ0v) is 15.8. The van der Waals surface area contributed by atoms with E-state index in [0.29, 0.717) is 17.2 Å². The predicted octanol–water partition coefficient (Wildman–Crippen LogP) is 1.69. The van der Waals surface area contributed by atoms with Crippen LogP contribution in [0.25, 0.3) is 10.8 Å². The molecule has 0 spiro atoms. The molecule has 154 valence electrons. The molecule has 2 amide bonds. The number of nitrogens with two attached hydrogens (primary N) is 1. The van der Waals surface area contributed by atoms with Crippen molar-refractivity contribution in [2.75, 3.05) is 29.1 Å². The van der Waals surface area contributed by atoms with Crippen LogP contribution in [0.15, 0.2) is 54.7 Å². The molecule has 8 nitrogen and oxygen atoms in total. The van der Waals surface area contributed by atoms with Gasteiger partial charge in [-0.25, -0.2) is 9.37 Å². The SMILES string of the molecule is Nc1nccc2cc(NC(=O)[C@H](O)[C@H]3OCCN(c4ccc(F)cc4)C3=O)ccc12. The first-order valence-corrected chi connectivity index (χ1v) is 9.26. The Balaban J connectivity index is 1.49. The molecule has 1 aliphatic rings. The average molecular weight is 410 g/mol. The lowest BCUT2D eigenvalue weighted by molar-refractivity contribution is -0.150. The number of hydrogen-bond acceptors (Lipinski definition) is 6. The topological polar surface area (TPSA) is 118 Å². The number of amides is 2. The quantitative estimate of drug-likeness (QED) is 0.603. The molecule has 30 heavy (non-hydrogen) atoms. The molecular formula is C21H19FN4O4. The van der Waals surface area contributed by atoms with Crippen LogP contribution in [-0.4, -0.2) is 47.3 Å². The smallest absolute Gasteiger partial charge is 0.259 e. The number of morpholine rings is 1. The second-order valence-corrected chi connectivity index (χ2v) is 6.82. The summed E-state index contributed by atoms with van der Waals surface area (Å²) in [5, 5.41) is 14.5. The van der Waals surface area contributed by atoms with Crippen LogP contribution >= 0.6 is 0 Å². The number of nitrogens with one attached hydrogen (secondary N) is 1. The lowest BCUT2D eigenvalue weighted by Crippen LogP contribution is -2.55. The minimum atomic E-state index is -1.72. The fourth-order valence-corrected chi connectivity index (χ4v) is 3.34. The Morgan fingerprint density at radius 3 is 2.80 bits per heavy atom. The van der Waals surface area contributed by atoms with Gasteiger partial charge in [0.1, 0.15) is 11.6 Å². The Bertz CT molecular complexity index is 1110. The highest BCUT2D eigenvalue weighted by molar-refractivity contribution is 6.04. The zero-order valence-electron chi connectivity index (χ0n) is 15.8. The summed E-state index contributed by atoms with van der Waals surface area (Å²) in [4.78, 5) is 30.7. The molecule has 1 saturated heterocycles.